The van der Waals surface area contributed by atoms with Crippen LogP contribution in [-0.2, 0) is 6.42 Å². The second-order valence-electron chi connectivity index (χ2n) is 8.79. The Bertz CT molecular complexity index is 1300. The van der Waals surface area contributed by atoms with Crippen LogP contribution in [0.5, 0.6) is 11.5 Å². The van der Waals surface area contributed by atoms with E-state index in [2.05, 4.69) is 29.3 Å². The van der Waals surface area contributed by atoms with Crippen molar-refractivity contribution in [3.8, 4) is 22.8 Å². The van der Waals surface area contributed by atoms with Crippen molar-refractivity contribution in [2.75, 3.05) is 13.2 Å². The Morgan fingerprint density at radius 2 is 1.74 bits per heavy atom. The molecule has 0 aliphatic carbocycles. The first-order chi connectivity index (χ1) is 17.2. The van der Waals surface area contributed by atoms with E-state index in [0.717, 1.165) is 36.1 Å². The van der Waals surface area contributed by atoms with Crippen molar-refractivity contribution in [3.05, 3.63) is 101 Å². The zero-order chi connectivity index (χ0) is 24.2. The summed E-state index contributed by atoms with van der Waals surface area (Å²) in [6.07, 6.45) is 2.83. The van der Waals surface area contributed by atoms with Crippen LogP contribution >= 0.6 is 0 Å². The van der Waals surface area contributed by atoms with Crippen molar-refractivity contribution in [3.63, 3.8) is 0 Å². The number of carbonyl (C=O) groups is 1. The van der Waals surface area contributed by atoms with Crippen molar-refractivity contribution in [1.82, 2.24) is 15.1 Å². The number of ether oxygens (including phenoxy) is 1. The molecule has 1 aliphatic heterocycles. The molecule has 1 aliphatic rings. The molecule has 1 unspecified atom stereocenters. The summed E-state index contributed by atoms with van der Waals surface area (Å²) in [6.45, 7) is 3.38. The van der Waals surface area contributed by atoms with Gasteiger partial charge in [0.2, 0.25) is 0 Å². The average molecular weight is 468 g/mol. The molecule has 35 heavy (non-hydrogen) atoms. The van der Waals surface area contributed by atoms with E-state index in [0.29, 0.717) is 30.1 Å². The predicted molar refractivity (Wildman–Crippen MR) is 136 cm³/mol. The lowest BCUT2D eigenvalue weighted by molar-refractivity contribution is 0.0746. The van der Waals surface area contributed by atoms with E-state index in [4.69, 9.17) is 4.74 Å². The van der Waals surface area contributed by atoms with E-state index >= 15 is 0 Å². The Hall–Kier alpha value is -4.06. The standard InChI is InChI=1S/C29H29N3O3/c1-2-3-19-35-22-15-13-21(14-16-22)28-25-26(23-11-7-8-12-24(23)33)30-31-27(25)29(34)32(28)18-17-20-9-5-4-6-10-20/h4-16,28,33H,2-3,17-19H2,1H3,(H,30,31). The van der Waals surface area contributed by atoms with Crippen molar-refractivity contribution in [2.24, 2.45) is 0 Å². The molecule has 2 N–H and O–H groups in total. The fourth-order valence-electron chi connectivity index (χ4n) is 4.63. The summed E-state index contributed by atoms with van der Waals surface area (Å²) in [5.74, 6) is 0.865. The smallest absolute Gasteiger partial charge is 0.273 e. The number of fused-ring (bicyclic) bond motifs is 1. The number of amides is 1. The van der Waals surface area contributed by atoms with Crippen LogP contribution in [0.3, 0.4) is 0 Å². The first-order valence-corrected chi connectivity index (χ1v) is 12.1. The van der Waals surface area contributed by atoms with Gasteiger partial charge in [0.05, 0.1) is 12.6 Å². The molecule has 0 fully saturated rings. The number of nitrogens with one attached hydrogen (secondary N) is 1. The maximum absolute atomic E-state index is 13.5. The number of aromatic hydroxyl groups is 1. The third-order valence-electron chi connectivity index (χ3n) is 6.47. The maximum Gasteiger partial charge on any atom is 0.273 e. The van der Waals surface area contributed by atoms with Gasteiger partial charge in [0.25, 0.3) is 5.91 Å². The Morgan fingerprint density at radius 3 is 2.49 bits per heavy atom. The highest BCUT2D eigenvalue weighted by Gasteiger charge is 2.42. The van der Waals surface area contributed by atoms with Gasteiger partial charge < -0.3 is 14.7 Å². The van der Waals surface area contributed by atoms with E-state index in [1.807, 2.05) is 59.5 Å². The molecule has 0 saturated carbocycles. The number of aromatic amines is 1. The van der Waals surface area contributed by atoms with E-state index in [9.17, 15) is 9.90 Å². The molecule has 2 heterocycles. The Kier molecular flexibility index (Phi) is 6.53. The summed E-state index contributed by atoms with van der Waals surface area (Å²) in [5.41, 5.74) is 4.63. The van der Waals surface area contributed by atoms with Gasteiger partial charge in [-0.1, -0.05) is 67.9 Å². The highest BCUT2D eigenvalue weighted by molar-refractivity contribution is 6.00. The number of phenols is 1. The molecule has 0 saturated heterocycles. The number of H-pyrrole nitrogens is 1. The monoisotopic (exact) mass is 467 g/mol. The molecule has 0 spiro atoms. The van der Waals surface area contributed by atoms with E-state index in [1.54, 1.807) is 12.1 Å². The molecule has 4 aromatic rings. The normalized spacial score (nSPS) is 14.8. The molecule has 1 atom stereocenters. The molecule has 0 radical (unpaired) electrons. The van der Waals surface area contributed by atoms with Crippen molar-refractivity contribution in [1.29, 1.82) is 0 Å². The number of rotatable bonds is 9. The molecule has 178 valence electrons. The van der Waals surface area contributed by atoms with E-state index < -0.39 is 0 Å². The highest BCUT2D eigenvalue weighted by atomic mass is 16.5. The van der Waals surface area contributed by atoms with Crippen LogP contribution in [0.1, 0.15) is 53.0 Å². The fourth-order valence-corrected chi connectivity index (χ4v) is 4.63. The molecular weight excluding hydrogens is 438 g/mol. The summed E-state index contributed by atoms with van der Waals surface area (Å²) in [7, 11) is 0. The second kappa shape index (κ2) is 10.1. The van der Waals surface area contributed by atoms with E-state index in [-0.39, 0.29) is 17.7 Å². The van der Waals surface area contributed by atoms with Crippen LogP contribution in [-0.4, -0.2) is 39.3 Å². The van der Waals surface area contributed by atoms with Crippen molar-refractivity contribution >= 4 is 5.91 Å². The van der Waals surface area contributed by atoms with Crippen molar-refractivity contribution in [2.45, 2.75) is 32.2 Å². The molecule has 6 nitrogen and oxygen atoms in total. The van der Waals surface area contributed by atoms with Crippen LogP contribution < -0.4 is 4.74 Å². The minimum Gasteiger partial charge on any atom is -0.507 e. The number of hydrogen-bond acceptors (Lipinski definition) is 4. The molecular formula is C29H29N3O3. The number of hydrogen-bond donors (Lipinski definition) is 2. The lowest BCUT2D eigenvalue weighted by Crippen LogP contribution is -2.31. The zero-order valence-corrected chi connectivity index (χ0v) is 19.8. The summed E-state index contributed by atoms with van der Waals surface area (Å²) >= 11 is 0. The highest BCUT2D eigenvalue weighted by Crippen LogP contribution is 2.44. The Balaban J connectivity index is 1.52. The largest absolute Gasteiger partial charge is 0.507 e. The fraction of sp³-hybridized carbons (Fsp3) is 0.241. The number of para-hydroxylation sites is 1. The van der Waals surface area contributed by atoms with Gasteiger partial charge in [-0.15, -0.1) is 0 Å². The van der Waals surface area contributed by atoms with Crippen molar-refractivity contribution < 1.29 is 14.6 Å². The third-order valence-corrected chi connectivity index (χ3v) is 6.47. The van der Waals surface area contributed by atoms with Crippen LogP contribution in [0.4, 0.5) is 0 Å². The maximum atomic E-state index is 13.5. The Morgan fingerprint density at radius 1 is 1.00 bits per heavy atom. The SMILES string of the molecule is CCCCOc1ccc(C2c3c(-c4ccccc4O)n[nH]c3C(=O)N2CCc2ccccc2)cc1. The van der Waals surface area contributed by atoms with Crippen LogP contribution in [0, 0.1) is 0 Å². The van der Waals surface area contributed by atoms with Gasteiger partial charge in [-0.05, 0) is 48.2 Å². The lowest BCUT2D eigenvalue weighted by atomic mass is 9.95. The zero-order valence-electron chi connectivity index (χ0n) is 19.8. The summed E-state index contributed by atoms with van der Waals surface area (Å²) in [5, 5.41) is 17.9. The average Bonchev–Trinajstić information content (AvgIpc) is 3.43. The molecule has 3 aromatic carbocycles. The third kappa shape index (κ3) is 4.52. The minimum atomic E-state index is -0.320. The van der Waals surface area contributed by atoms with Crippen LogP contribution in [0.15, 0.2) is 78.9 Å². The minimum absolute atomic E-state index is 0.0848. The van der Waals surface area contributed by atoms with Crippen LogP contribution in [0.25, 0.3) is 11.3 Å². The topological polar surface area (TPSA) is 78.5 Å². The lowest BCUT2D eigenvalue weighted by Gasteiger charge is -2.26. The number of unbranched alkanes of at least 4 members (excludes halogenated alkanes) is 1. The quantitative estimate of drug-likeness (QED) is 0.307. The Labute approximate surface area is 205 Å². The first kappa shape index (κ1) is 22.7. The van der Waals surface area contributed by atoms with Gasteiger partial charge in [0, 0.05) is 17.7 Å². The molecule has 5 rings (SSSR count). The van der Waals surface area contributed by atoms with Gasteiger partial charge in [-0.3, -0.25) is 9.89 Å². The second-order valence-corrected chi connectivity index (χ2v) is 8.79. The summed E-state index contributed by atoms with van der Waals surface area (Å²) in [6, 6.07) is 24.9. The molecule has 1 aromatic heterocycles. The van der Waals surface area contributed by atoms with Gasteiger partial charge in [0.15, 0.2) is 0 Å². The number of phenolic OH excluding ortho intramolecular Hbond substituents is 1. The van der Waals surface area contributed by atoms with Gasteiger partial charge in [-0.25, -0.2) is 0 Å². The van der Waals surface area contributed by atoms with E-state index in [1.165, 1.54) is 5.56 Å². The van der Waals surface area contributed by atoms with Gasteiger partial charge in [-0.2, -0.15) is 5.10 Å². The predicted octanol–water partition coefficient (Wildman–Crippen LogP) is 5.75. The molecule has 0 bridgehead atoms. The summed E-state index contributed by atoms with van der Waals surface area (Å²) in [4.78, 5) is 15.4. The van der Waals surface area contributed by atoms with Gasteiger partial charge in [0.1, 0.15) is 22.9 Å². The number of nitrogens with zero attached hydrogens (tertiary/aromatic N) is 2. The number of carbonyl (C=O) groups excluding carboxylic acids is 1. The molecule has 1 amide bonds. The summed E-state index contributed by atoms with van der Waals surface area (Å²) < 4.78 is 5.85. The van der Waals surface area contributed by atoms with Crippen LogP contribution in [0.2, 0.25) is 0 Å². The number of benzene rings is 3. The first-order valence-electron chi connectivity index (χ1n) is 12.1. The number of aromatic nitrogens is 2. The van der Waals surface area contributed by atoms with Gasteiger partial charge >= 0.3 is 0 Å². The molecule has 6 heteroatoms.